The van der Waals surface area contributed by atoms with Crippen molar-refractivity contribution in [1.82, 2.24) is 19.4 Å². The average Bonchev–Trinajstić information content (AvgIpc) is 3.19. The van der Waals surface area contributed by atoms with Crippen LogP contribution in [0.4, 0.5) is 0 Å². The number of amides is 1. The number of nitrogens with one attached hydrogen (secondary N) is 1. The minimum atomic E-state index is -0.624. The summed E-state index contributed by atoms with van der Waals surface area (Å²) in [6, 6.07) is 4.99. The molecule has 0 fully saturated rings. The molecule has 142 valence electrons. The van der Waals surface area contributed by atoms with Crippen molar-refractivity contribution < 1.29 is 13.9 Å². The number of fused-ring (bicyclic) bond motifs is 1. The van der Waals surface area contributed by atoms with Crippen LogP contribution >= 0.6 is 0 Å². The van der Waals surface area contributed by atoms with Gasteiger partial charge in [0, 0.05) is 13.2 Å². The van der Waals surface area contributed by atoms with Crippen molar-refractivity contribution in [1.29, 1.82) is 0 Å². The molecule has 0 bridgehead atoms. The number of rotatable bonds is 7. The summed E-state index contributed by atoms with van der Waals surface area (Å²) >= 11 is 0. The highest BCUT2D eigenvalue weighted by molar-refractivity contribution is 5.81. The summed E-state index contributed by atoms with van der Waals surface area (Å²) in [5, 5.41) is 2.79. The van der Waals surface area contributed by atoms with Crippen LogP contribution in [0, 0.1) is 0 Å². The molecule has 0 aliphatic carbocycles. The maximum absolute atomic E-state index is 12.9. The van der Waals surface area contributed by atoms with E-state index in [-0.39, 0.29) is 17.6 Å². The Hall–Kier alpha value is -3.36. The molecule has 3 aromatic heterocycles. The van der Waals surface area contributed by atoms with Gasteiger partial charge in [-0.05, 0) is 24.6 Å². The summed E-state index contributed by atoms with van der Waals surface area (Å²) in [4.78, 5) is 41.8. The van der Waals surface area contributed by atoms with Crippen LogP contribution in [0.2, 0.25) is 0 Å². The van der Waals surface area contributed by atoms with Crippen molar-refractivity contribution >= 4 is 16.9 Å². The molecule has 0 aromatic carbocycles. The number of nitrogens with zero attached hydrogens (tertiary/aromatic N) is 3. The van der Waals surface area contributed by atoms with Gasteiger partial charge in [0.2, 0.25) is 5.91 Å². The molecule has 3 rings (SSSR count). The Labute approximate surface area is 154 Å². The molecule has 0 saturated carbocycles. The fourth-order valence-electron chi connectivity index (χ4n) is 2.65. The van der Waals surface area contributed by atoms with Gasteiger partial charge >= 0.3 is 5.69 Å². The minimum Gasteiger partial charge on any atom is -0.493 e. The van der Waals surface area contributed by atoms with E-state index in [2.05, 4.69) is 10.3 Å². The lowest BCUT2D eigenvalue weighted by atomic mass is 10.3. The Kier molecular flexibility index (Phi) is 5.39. The molecule has 3 aromatic rings. The number of carbonyl (C=O) groups excluding carboxylic acids is 1. The van der Waals surface area contributed by atoms with E-state index in [0.717, 1.165) is 11.0 Å². The van der Waals surface area contributed by atoms with Gasteiger partial charge in [-0.1, -0.05) is 6.92 Å². The second-order valence-corrected chi connectivity index (χ2v) is 5.95. The lowest BCUT2D eigenvalue weighted by Gasteiger charge is -2.13. The largest absolute Gasteiger partial charge is 0.493 e. The molecule has 0 aliphatic heterocycles. The normalized spacial score (nSPS) is 10.9. The standard InChI is InChI=1S/C18H20N4O5/c1-3-8-27-13-6-7-19-16-15(13)17(24)22(18(25)21(16)2)11-14(23)20-10-12-5-4-9-26-12/h4-7,9H,3,8,10-11H2,1-2H3,(H,20,23). The molecule has 0 radical (unpaired) electrons. The molecule has 3 heterocycles. The summed E-state index contributed by atoms with van der Waals surface area (Å²) in [5.41, 5.74) is -1.02. The zero-order valence-corrected chi connectivity index (χ0v) is 15.1. The second kappa shape index (κ2) is 7.90. The number of carbonyl (C=O) groups is 1. The van der Waals surface area contributed by atoms with E-state index in [4.69, 9.17) is 9.15 Å². The lowest BCUT2D eigenvalue weighted by molar-refractivity contribution is -0.122. The number of aryl methyl sites for hydroxylation is 1. The Morgan fingerprint density at radius 3 is 2.85 bits per heavy atom. The van der Waals surface area contributed by atoms with E-state index >= 15 is 0 Å². The van der Waals surface area contributed by atoms with Gasteiger partial charge in [-0.15, -0.1) is 0 Å². The van der Waals surface area contributed by atoms with Gasteiger partial charge in [0.1, 0.15) is 23.4 Å². The minimum absolute atomic E-state index is 0.168. The number of furan rings is 1. The maximum atomic E-state index is 12.9. The molecule has 0 spiro atoms. The molecule has 0 unspecified atom stereocenters. The Morgan fingerprint density at radius 1 is 1.33 bits per heavy atom. The Balaban J connectivity index is 1.96. The number of aromatic nitrogens is 3. The lowest BCUT2D eigenvalue weighted by Crippen LogP contribution is -2.43. The predicted molar refractivity (Wildman–Crippen MR) is 97.6 cm³/mol. The van der Waals surface area contributed by atoms with E-state index in [1.807, 2.05) is 6.92 Å². The Bertz CT molecular complexity index is 1070. The van der Waals surface area contributed by atoms with Crippen molar-refractivity contribution in [2.24, 2.45) is 7.05 Å². The quantitative estimate of drug-likeness (QED) is 0.657. The molecule has 27 heavy (non-hydrogen) atoms. The van der Waals surface area contributed by atoms with E-state index in [1.165, 1.54) is 24.1 Å². The van der Waals surface area contributed by atoms with Crippen LogP contribution in [0.5, 0.6) is 5.75 Å². The van der Waals surface area contributed by atoms with Crippen LogP contribution < -0.4 is 21.3 Å². The first-order valence-electron chi connectivity index (χ1n) is 8.53. The number of hydrogen-bond acceptors (Lipinski definition) is 6. The van der Waals surface area contributed by atoms with Crippen molar-refractivity contribution in [3.8, 4) is 5.75 Å². The van der Waals surface area contributed by atoms with Gasteiger partial charge in [0.05, 0.1) is 19.4 Å². The average molecular weight is 372 g/mol. The first-order chi connectivity index (χ1) is 13.0. The van der Waals surface area contributed by atoms with Gasteiger partial charge in [-0.25, -0.2) is 14.3 Å². The van der Waals surface area contributed by atoms with Gasteiger partial charge in [-0.2, -0.15) is 0 Å². The highest BCUT2D eigenvalue weighted by atomic mass is 16.5. The van der Waals surface area contributed by atoms with Crippen molar-refractivity contribution in [3.63, 3.8) is 0 Å². The highest BCUT2D eigenvalue weighted by Crippen LogP contribution is 2.19. The topological polar surface area (TPSA) is 108 Å². The third-order valence-corrected chi connectivity index (χ3v) is 3.99. The molecule has 0 aliphatic rings. The van der Waals surface area contributed by atoms with Gasteiger partial charge in [-0.3, -0.25) is 14.2 Å². The van der Waals surface area contributed by atoms with Crippen molar-refractivity contribution in [2.75, 3.05) is 6.61 Å². The van der Waals surface area contributed by atoms with E-state index in [9.17, 15) is 14.4 Å². The molecule has 0 atom stereocenters. The molecule has 0 saturated heterocycles. The van der Waals surface area contributed by atoms with Crippen LogP contribution in [0.3, 0.4) is 0 Å². The molecular weight excluding hydrogens is 352 g/mol. The van der Waals surface area contributed by atoms with E-state index < -0.39 is 23.7 Å². The molecule has 1 N–H and O–H groups in total. The van der Waals surface area contributed by atoms with Gasteiger partial charge < -0.3 is 14.5 Å². The summed E-state index contributed by atoms with van der Waals surface area (Å²) < 4.78 is 12.9. The summed E-state index contributed by atoms with van der Waals surface area (Å²) in [6.45, 7) is 2.12. The van der Waals surface area contributed by atoms with Crippen LogP contribution in [-0.2, 0) is 24.9 Å². The molecular formula is C18H20N4O5. The SMILES string of the molecule is CCCOc1ccnc2c1c(=O)n(CC(=O)NCc1ccco1)c(=O)n2C. The van der Waals surface area contributed by atoms with Gasteiger partial charge in [0.25, 0.3) is 5.56 Å². The first kappa shape index (κ1) is 18.4. The second-order valence-electron chi connectivity index (χ2n) is 5.95. The van der Waals surface area contributed by atoms with Crippen molar-refractivity contribution in [2.45, 2.75) is 26.4 Å². The molecule has 9 nitrogen and oxygen atoms in total. The maximum Gasteiger partial charge on any atom is 0.332 e. The monoisotopic (exact) mass is 372 g/mol. The fourth-order valence-corrected chi connectivity index (χ4v) is 2.65. The highest BCUT2D eigenvalue weighted by Gasteiger charge is 2.18. The van der Waals surface area contributed by atoms with Crippen LogP contribution in [0.15, 0.2) is 44.7 Å². The zero-order chi connectivity index (χ0) is 19.4. The predicted octanol–water partition coefficient (Wildman–Crippen LogP) is 0.793. The first-order valence-corrected chi connectivity index (χ1v) is 8.53. The smallest absolute Gasteiger partial charge is 0.332 e. The molecule has 1 amide bonds. The van der Waals surface area contributed by atoms with Crippen molar-refractivity contribution in [3.05, 3.63) is 57.3 Å². The van der Waals surface area contributed by atoms with Crippen LogP contribution in [-0.4, -0.2) is 26.6 Å². The van der Waals surface area contributed by atoms with E-state index in [0.29, 0.717) is 18.1 Å². The fraction of sp³-hybridized carbons (Fsp3) is 0.333. The van der Waals surface area contributed by atoms with E-state index in [1.54, 1.807) is 18.2 Å². The summed E-state index contributed by atoms with van der Waals surface area (Å²) in [5.74, 6) is 0.429. The number of pyridine rings is 1. The third kappa shape index (κ3) is 3.76. The van der Waals surface area contributed by atoms with Crippen LogP contribution in [0.1, 0.15) is 19.1 Å². The number of ether oxygens (including phenoxy) is 1. The zero-order valence-electron chi connectivity index (χ0n) is 15.1. The van der Waals surface area contributed by atoms with Gasteiger partial charge in [0.15, 0.2) is 5.65 Å². The molecule has 9 heteroatoms. The third-order valence-electron chi connectivity index (χ3n) is 3.99. The number of hydrogen-bond donors (Lipinski definition) is 1. The van der Waals surface area contributed by atoms with Crippen LogP contribution in [0.25, 0.3) is 11.0 Å². The Morgan fingerprint density at radius 2 is 2.15 bits per heavy atom. The summed E-state index contributed by atoms with van der Waals surface area (Å²) in [7, 11) is 1.50. The summed E-state index contributed by atoms with van der Waals surface area (Å²) in [6.07, 6.45) is 3.74.